The van der Waals surface area contributed by atoms with Gasteiger partial charge in [0.15, 0.2) is 6.10 Å². The van der Waals surface area contributed by atoms with E-state index in [1.165, 1.54) is 18.2 Å². The lowest BCUT2D eigenvalue weighted by Crippen LogP contribution is -2.24. The second kappa shape index (κ2) is 9.94. The van der Waals surface area contributed by atoms with E-state index in [0.717, 1.165) is 6.07 Å². The van der Waals surface area contributed by atoms with E-state index in [0.29, 0.717) is 35.6 Å². The largest absolute Gasteiger partial charge is 0.478 e. The highest BCUT2D eigenvalue weighted by atomic mass is 19.4. The van der Waals surface area contributed by atoms with Gasteiger partial charge in [0.05, 0.1) is 11.3 Å². The van der Waals surface area contributed by atoms with Crippen molar-refractivity contribution < 1.29 is 37.7 Å². The number of hydrogen-bond donors (Lipinski definition) is 2. The summed E-state index contributed by atoms with van der Waals surface area (Å²) in [4.78, 5) is 25.4. The number of carboxylic acid groups (broad SMARTS) is 1. The van der Waals surface area contributed by atoms with Crippen molar-refractivity contribution in [3.05, 3.63) is 71.4 Å². The molecule has 1 fully saturated rings. The van der Waals surface area contributed by atoms with E-state index in [4.69, 9.17) is 4.74 Å². The monoisotopic (exact) mass is 501 g/mol. The number of nitrogens with zero attached hydrogens (tertiary/aromatic N) is 3. The van der Waals surface area contributed by atoms with Gasteiger partial charge in [-0.3, -0.25) is 4.79 Å². The molecule has 0 saturated carbocycles. The zero-order chi connectivity index (χ0) is 26.0. The van der Waals surface area contributed by atoms with E-state index < -0.39 is 23.9 Å². The van der Waals surface area contributed by atoms with Crippen LogP contribution in [0.15, 0.2) is 54.6 Å². The van der Waals surface area contributed by atoms with Gasteiger partial charge < -0.3 is 19.8 Å². The highest BCUT2D eigenvalue weighted by molar-refractivity contribution is 5.88. The van der Waals surface area contributed by atoms with Gasteiger partial charge in [0.2, 0.25) is 5.91 Å². The number of hydrogen-bond acceptors (Lipinski definition) is 6. The number of amides is 1. The van der Waals surface area contributed by atoms with Crippen LogP contribution in [0, 0.1) is 5.92 Å². The van der Waals surface area contributed by atoms with Crippen LogP contribution < -0.4 is 4.74 Å². The zero-order valence-electron chi connectivity index (χ0n) is 19.1. The normalized spacial score (nSPS) is 16.8. The maximum atomic E-state index is 12.6. The second-order valence-corrected chi connectivity index (χ2v) is 8.63. The number of aromatic nitrogens is 2. The van der Waals surface area contributed by atoms with Crippen molar-refractivity contribution >= 4 is 11.9 Å². The van der Waals surface area contributed by atoms with E-state index >= 15 is 0 Å². The fourth-order valence-electron chi connectivity index (χ4n) is 3.87. The average molecular weight is 501 g/mol. The Morgan fingerprint density at radius 2 is 1.86 bits per heavy atom. The predicted octanol–water partition coefficient (Wildman–Crippen LogP) is 4.60. The Hall–Kier alpha value is -3.99. The highest BCUT2D eigenvalue weighted by Gasteiger charge is 2.40. The van der Waals surface area contributed by atoms with Crippen molar-refractivity contribution in [1.82, 2.24) is 15.1 Å². The summed E-state index contributed by atoms with van der Waals surface area (Å²) in [7, 11) is 0. The molecule has 2 unspecified atom stereocenters. The third-order valence-electron chi connectivity index (χ3n) is 5.74. The fourth-order valence-corrected chi connectivity index (χ4v) is 3.87. The Bertz CT molecular complexity index is 1260. The van der Waals surface area contributed by atoms with Gasteiger partial charge in [0.1, 0.15) is 17.2 Å². The number of carbonyl (C=O) groups is 2. The van der Waals surface area contributed by atoms with Crippen LogP contribution in [-0.2, 0) is 11.3 Å². The van der Waals surface area contributed by atoms with Gasteiger partial charge in [-0.15, -0.1) is 0 Å². The van der Waals surface area contributed by atoms with Crippen LogP contribution in [0.4, 0.5) is 13.2 Å². The van der Waals surface area contributed by atoms with Crippen LogP contribution in [0.3, 0.4) is 0 Å². The summed E-state index contributed by atoms with van der Waals surface area (Å²) >= 11 is 0. The van der Waals surface area contributed by atoms with Gasteiger partial charge in [-0.05, 0) is 54.4 Å². The Labute approximate surface area is 204 Å². The standard InChI is InChI=1S/C25H22F3N3O5/c1-14-10-22(32)31(12-14)13-17-3-2-16(24(34)35)11-21(17)36-18-6-4-15(5-7-18)19-8-9-20(30-29-19)23(33)25(26,27)28/h2-9,11,14,23,33H,10,12-13H2,1H3,(H,34,35). The van der Waals surface area contributed by atoms with E-state index in [1.54, 1.807) is 35.2 Å². The minimum absolute atomic E-state index is 0.0231. The number of ether oxygens (including phenoxy) is 1. The molecule has 0 aliphatic carbocycles. The Morgan fingerprint density at radius 1 is 1.14 bits per heavy atom. The smallest absolute Gasteiger partial charge is 0.420 e. The molecule has 1 aliphatic heterocycles. The first-order chi connectivity index (χ1) is 17.0. The second-order valence-electron chi connectivity index (χ2n) is 8.63. The lowest BCUT2D eigenvalue weighted by Gasteiger charge is -2.19. The molecule has 4 rings (SSSR count). The topological polar surface area (TPSA) is 113 Å². The number of likely N-dealkylation sites (tertiary alicyclic amines) is 1. The molecule has 1 aliphatic rings. The summed E-state index contributed by atoms with van der Waals surface area (Å²) in [5, 5.41) is 25.9. The van der Waals surface area contributed by atoms with Crippen molar-refractivity contribution in [3.8, 4) is 22.8 Å². The molecule has 2 aromatic carbocycles. The molecule has 8 nitrogen and oxygen atoms in total. The first-order valence-corrected chi connectivity index (χ1v) is 11.0. The summed E-state index contributed by atoms with van der Waals surface area (Å²) in [6.07, 6.45) is -7.10. The van der Waals surface area contributed by atoms with Gasteiger partial charge in [0.25, 0.3) is 0 Å². The molecule has 0 bridgehead atoms. The quantitative estimate of drug-likeness (QED) is 0.487. The van der Waals surface area contributed by atoms with Gasteiger partial charge >= 0.3 is 12.1 Å². The van der Waals surface area contributed by atoms with E-state index in [2.05, 4.69) is 10.2 Å². The van der Waals surface area contributed by atoms with Crippen LogP contribution in [0.25, 0.3) is 11.3 Å². The minimum Gasteiger partial charge on any atom is -0.478 e. The van der Waals surface area contributed by atoms with E-state index in [-0.39, 0.29) is 29.6 Å². The third-order valence-corrected chi connectivity index (χ3v) is 5.74. The lowest BCUT2D eigenvalue weighted by molar-refractivity contribution is -0.208. The number of aromatic carboxylic acids is 1. The molecule has 1 aromatic heterocycles. The molecule has 0 spiro atoms. The summed E-state index contributed by atoms with van der Waals surface area (Å²) < 4.78 is 43.9. The summed E-state index contributed by atoms with van der Waals surface area (Å²) in [5.74, 6) is -0.192. The van der Waals surface area contributed by atoms with Crippen molar-refractivity contribution in [1.29, 1.82) is 0 Å². The average Bonchev–Trinajstić information content (AvgIpc) is 3.16. The van der Waals surface area contributed by atoms with Crippen LogP contribution in [0.2, 0.25) is 0 Å². The van der Waals surface area contributed by atoms with Crippen molar-refractivity contribution in [2.24, 2.45) is 5.92 Å². The van der Waals surface area contributed by atoms with Gasteiger partial charge in [-0.1, -0.05) is 13.0 Å². The molecule has 0 radical (unpaired) electrons. The molecule has 2 atom stereocenters. The molecule has 11 heteroatoms. The maximum Gasteiger partial charge on any atom is 0.420 e. The van der Waals surface area contributed by atoms with Crippen LogP contribution in [0.1, 0.15) is 41.1 Å². The Morgan fingerprint density at radius 3 is 2.42 bits per heavy atom. The zero-order valence-corrected chi connectivity index (χ0v) is 19.1. The molecule has 188 valence electrons. The lowest BCUT2D eigenvalue weighted by atomic mass is 10.1. The summed E-state index contributed by atoms with van der Waals surface area (Å²) in [6, 6.07) is 13.3. The molecule has 3 aromatic rings. The first kappa shape index (κ1) is 25.1. The van der Waals surface area contributed by atoms with Crippen molar-refractivity contribution in [2.75, 3.05) is 6.54 Å². The fraction of sp³-hybridized carbons (Fsp3) is 0.280. The SMILES string of the molecule is CC1CC(=O)N(Cc2ccc(C(=O)O)cc2Oc2ccc(-c3ccc(C(O)C(F)(F)F)nn3)cc2)C1. The maximum absolute atomic E-state index is 12.6. The number of alkyl halides is 3. The number of rotatable bonds is 7. The molecule has 2 heterocycles. The molecule has 2 N–H and O–H groups in total. The van der Waals surface area contributed by atoms with Crippen molar-refractivity contribution in [2.45, 2.75) is 32.2 Å². The summed E-state index contributed by atoms with van der Waals surface area (Å²) in [6.45, 7) is 2.87. The minimum atomic E-state index is -4.84. The molecule has 1 amide bonds. The molecular weight excluding hydrogens is 479 g/mol. The molecule has 1 saturated heterocycles. The van der Waals surface area contributed by atoms with Gasteiger partial charge in [-0.2, -0.15) is 23.4 Å². The van der Waals surface area contributed by atoms with Crippen molar-refractivity contribution in [3.63, 3.8) is 0 Å². The number of halogens is 3. The number of benzene rings is 2. The highest BCUT2D eigenvalue weighted by Crippen LogP contribution is 2.33. The Kier molecular flexibility index (Phi) is 6.93. The number of aliphatic hydroxyl groups is 1. The molecule has 36 heavy (non-hydrogen) atoms. The van der Waals surface area contributed by atoms with Gasteiger partial charge in [-0.25, -0.2) is 4.79 Å². The molecular formula is C25H22F3N3O5. The van der Waals surface area contributed by atoms with Gasteiger partial charge in [0, 0.05) is 30.6 Å². The van der Waals surface area contributed by atoms with E-state index in [1.807, 2.05) is 6.92 Å². The first-order valence-electron chi connectivity index (χ1n) is 11.0. The van der Waals surface area contributed by atoms with E-state index in [9.17, 15) is 33.0 Å². The number of aliphatic hydroxyl groups excluding tert-OH is 1. The summed E-state index contributed by atoms with van der Waals surface area (Å²) in [5.41, 5.74) is 0.899. The Balaban J connectivity index is 1.53. The number of carboxylic acids is 1. The van der Waals surface area contributed by atoms with Crippen LogP contribution >= 0.6 is 0 Å². The van der Waals surface area contributed by atoms with Crippen LogP contribution in [0.5, 0.6) is 11.5 Å². The predicted molar refractivity (Wildman–Crippen MR) is 121 cm³/mol. The number of carbonyl (C=O) groups excluding carboxylic acids is 1. The third kappa shape index (κ3) is 5.62. The van der Waals surface area contributed by atoms with Crippen LogP contribution in [-0.4, -0.2) is 49.9 Å².